The summed E-state index contributed by atoms with van der Waals surface area (Å²) in [6.07, 6.45) is 2.29. The first-order chi connectivity index (χ1) is 10.0. The van der Waals surface area contributed by atoms with Crippen LogP contribution in [0.3, 0.4) is 0 Å². The molecule has 1 aromatic heterocycles. The van der Waals surface area contributed by atoms with E-state index < -0.39 is 11.4 Å². The van der Waals surface area contributed by atoms with E-state index in [1.807, 2.05) is 18.2 Å². The van der Waals surface area contributed by atoms with E-state index in [0.717, 1.165) is 20.0 Å². The van der Waals surface area contributed by atoms with Gasteiger partial charge in [0.2, 0.25) is 0 Å². The predicted molar refractivity (Wildman–Crippen MR) is 87.6 cm³/mol. The molecule has 0 aliphatic heterocycles. The lowest BCUT2D eigenvalue weighted by atomic mass is 9.69. The molecule has 0 amide bonds. The molecule has 0 saturated heterocycles. The molecule has 0 atom stereocenters. The quantitative estimate of drug-likeness (QED) is 0.706. The van der Waals surface area contributed by atoms with Gasteiger partial charge in [0.15, 0.2) is 5.82 Å². The lowest BCUT2D eigenvalue weighted by Gasteiger charge is -2.37. The highest BCUT2D eigenvalue weighted by Gasteiger charge is 2.45. The molecule has 1 aliphatic carbocycles. The zero-order chi connectivity index (χ0) is 15.0. The normalized spacial score (nSPS) is 16.5. The van der Waals surface area contributed by atoms with Crippen molar-refractivity contribution in [3.8, 4) is 11.4 Å². The Morgan fingerprint density at radius 2 is 2.24 bits per heavy atom. The first-order valence-electron chi connectivity index (χ1n) is 6.47. The van der Waals surface area contributed by atoms with E-state index >= 15 is 0 Å². The number of aromatic nitrogens is 4. The number of benzene rings is 1. The monoisotopic (exact) mass is 462 g/mol. The Hall–Kier alpha value is -1.03. The zero-order valence-corrected chi connectivity index (χ0v) is 14.7. The van der Waals surface area contributed by atoms with Crippen LogP contribution in [0.1, 0.15) is 19.3 Å². The Kier molecular flexibility index (Phi) is 4.00. The Bertz CT molecular complexity index is 699. The van der Waals surface area contributed by atoms with Gasteiger partial charge in [-0.1, -0.05) is 22.4 Å². The van der Waals surface area contributed by atoms with Crippen LogP contribution in [0, 0.1) is 8.99 Å². The molecule has 6 nitrogen and oxygen atoms in total. The van der Waals surface area contributed by atoms with Crippen molar-refractivity contribution >= 4 is 44.5 Å². The minimum absolute atomic E-state index is 0.308. The summed E-state index contributed by atoms with van der Waals surface area (Å²) < 4.78 is 3.55. The van der Waals surface area contributed by atoms with E-state index in [1.54, 1.807) is 4.68 Å². The Balaban J connectivity index is 1.98. The van der Waals surface area contributed by atoms with Crippen LogP contribution in [0.15, 0.2) is 22.7 Å². The third kappa shape index (κ3) is 2.70. The van der Waals surface area contributed by atoms with E-state index in [4.69, 9.17) is 0 Å². The van der Waals surface area contributed by atoms with E-state index in [-0.39, 0.29) is 0 Å². The summed E-state index contributed by atoms with van der Waals surface area (Å²) in [6, 6.07) is 5.89. The maximum atomic E-state index is 11.5. The van der Waals surface area contributed by atoms with Crippen molar-refractivity contribution in [2.24, 2.45) is 5.41 Å². The number of carboxylic acid groups (broad SMARTS) is 1. The van der Waals surface area contributed by atoms with E-state index in [0.29, 0.717) is 25.2 Å². The summed E-state index contributed by atoms with van der Waals surface area (Å²) in [7, 11) is 0. The maximum Gasteiger partial charge on any atom is 0.311 e. The lowest BCUT2D eigenvalue weighted by molar-refractivity contribution is -0.156. The van der Waals surface area contributed by atoms with Crippen LogP contribution in [0.4, 0.5) is 0 Å². The van der Waals surface area contributed by atoms with Crippen LogP contribution in [0.25, 0.3) is 11.4 Å². The molecule has 1 heterocycles. The predicted octanol–water partition coefficient (Wildman–Crippen LogP) is 2.96. The SMILES string of the molecule is O=C(O)C1(Cn2nnnc2-c2cc(I)ccc2Br)CCC1. The second-order valence-corrected chi connectivity index (χ2v) is 7.32. The average molecular weight is 463 g/mol. The van der Waals surface area contributed by atoms with Gasteiger partial charge in [-0.3, -0.25) is 4.79 Å². The van der Waals surface area contributed by atoms with Gasteiger partial charge >= 0.3 is 5.97 Å². The molecule has 1 N–H and O–H groups in total. The fourth-order valence-electron chi connectivity index (χ4n) is 2.50. The third-order valence-corrected chi connectivity index (χ3v) is 5.28. The van der Waals surface area contributed by atoms with Gasteiger partial charge in [-0.05, 0) is 64.1 Å². The number of halogens is 2. The van der Waals surface area contributed by atoms with Crippen LogP contribution < -0.4 is 0 Å². The van der Waals surface area contributed by atoms with Gasteiger partial charge in [-0.15, -0.1) is 5.10 Å². The summed E-state index contributed by atoms with van der Waals surface area (Å²) >= 11 is 5.72. The van der Waals surface area contributed by atoms with E-state index in [2.05, 4.69) is 54.0 Å². The number of nitrogens with zero attached hydrogens (tertiary/aromatic N) is 4. The standard InChI is InChI=1S/C13H12BrIN4O2/c14-10-3-2-8(15)6-9(10)11-16-17-18-19(11)7-13(12(20)21)4-1-5-13/h2-3,6H,1,4-5,7H2,(H,20,21). The molecule has 2 aromatic rings. The fourth-order valence-corrected chi connectivity index (χ4v) is 3.42. The molecule has 1 aromatic carbocycles. The van der Waals surface area contributed by atoms with Crippen molar-refractivity contribution in [1.82, 2.24) is 20.2 Å². The Labute approximate surface area is 143 Å². The molecule has 3 rings (SSSR count). The number of carboxylic acids is 1. The van der Waals surface area contributed by atoms with Crippen LogP contribution in [0.5, 0.6) is 0 Å². The lowest BCUT2D eigenvalue weighted by Crippen LogP contribution is -2.42. The first kappa shape index (κ1) is 14.9. The second-order valence-electron chi connectivity index (χ2n) is 5.22. The maximum absolute atomic E-state index is 11.5. The minimum Gasteiger partial charge on any atom is -0.481 e. The summed E-state index contributed by atoms with van der Waals surface area (Å²) in [4.78, 5) is 11.5. The fraction of sp³-hybridized carbons (Fsp3) is 0.385. The molecule has 0 spiro atoms. The van der Waals surface area contributed by atoms with E-state index in [1.165, 1.54) is 0 Å². The highest BCUT2D eigenvalue weighted by Crippen LogP contribution is 2.43. The first-order valence-corrected chi connectivity index (χ1v) is 8.34. The van der Waals surface area contributed by atoms with Crippen molar-refractivity contribution in [3.05, 3.63) is 26.2 Å². The molecule has 0 bridgehead atoms. The highest BCUT2D eigenvalue weighted by molar-refractivity contribution is 14.1. The molecule has 8 heteroatoms. The highest BCUT2D eigenvalue weighted by atomic mass is 127. The second kappa shape index (κ2) is 5.64. The van der Waals surface area contributed by atoms with Gasteiger partial charge in [-0.2, -0.15) is 0 Å². The third-order valence-electron chi connectivity index (χ3n) is 3.92. The Morgan fingerprint density at radius 3 is 2.86 bits per heavy atom. The minimum atomic E-state index is -0.767. The van der Waals surface area contributed by atoms with Crippen molar-refractivity contribution < 1.29 is 9.90 Å². The summed E-state index contributed by atoms with van der Waals surface area (Å²) in [5, 5.41) is 21.2. The molecule has 1 fully saturated rings. The van der Waals surface area contributed by atoms with Crippen LogP contribution in [0.2, 0.25) is 0 Å². The topological polar surface area (TPSA) is 80.9 Å². The molecular formula is C13H12BrIN4O2. The van der Waals surface area contributed by atoms with Crippen LogP contribution >= 0.6 is 38.5 Å². The van der Waals surface area contributed by atoms with Gasteiger partial charge < -0.3 is 5.11 Å². The largest absolute Gasteiger partial charge is 0.481 e. The molecule has 1 saturated carbocycles. The van der Waals surface area contributed by atoms with Gasteiger partial charge in [-0.25, -0.2) is 4.68 Å². The number of rotatable bonds is 4. The number of hydrogen-bond acceptors (Lipinski definition) is 4. The van der Waals surface area contributed by atoms with Crippen LogP contribution in [-0.4, -0.2) is 31.3 Å². The van der Waals surface area contributed by atoms with Crippen molar-refractivity contribution in [1.29, 1.82) is 0 Å². The Morgan fingerprint density at radius 1 is 1.48 bits per heavy atom. The molecule has 0 unspecified atom stereocenters. The van der Waals surface area contributed by atoms with Gasteiger partial charge in [0.1, 0.15) is 0 Å². The molecular weight excluding hydrogens is 451 g/mol. The van der Waals surface area contributed by atoms with Crippen molar-refractivity contribution in [2.75, 3.05) is 0 Å². The molecule has 1 aliphatic rings. The van der Waals surface area contributed by atoms with Crippen LogP contribution in [-0.2, 0) is 11.3 Å². The van der Waals surface area contributed by atoms with Gasteiger partial charge in [0.05, 0.1) is 12.0 Å². The van der Waals surface area contributed by atoms with Gasteiger partial charge in [0, 0.05) is 13.6 Å². The smallest absolute Gasteiger partial charge is 0.311 e. The molecule has 110 valence electrons. The summed E-state index contributed by atoms with van der Waals surface area (Å²) in [5.74, 6) is -0.176. The van der Waals surface area contributed by atoms with Crippen molar-refractivity contribution in [3.63, 3.8) is 0 Å². The summed E-state index contributed by atoms with van der Waals surface area (Å²) in [5.41, 5.74) is 0.144. The number of aliphatic carboxylic acids is 1. The van der Waals surface area contributed by atoms with Crippen molar-refractivity contribution in [2.45, 2.75) is 25.8 Å². The average Bonchev–Trinajstić information content (AvgIpc) is 2.84. The van der Waals surface area contributed by atoms with E-state index in [9.17, 15) is 9.90 Å². The number of tetrazole rings is 1. The summed E-state index contributed by atoms with van der Waals surface area (Å²) in [6.45, 7) is 0.308. The molecule has 0 radical (unpaired) electrons. The number of hydrogen-bond donors (Lipinski definition) is 1. The number of carbonyl (C=O) groups is 1. The van der Waals surface area contributed by atoms with Gasteiger partial charge in [0.25, 0.3) is 0 Å². The zero-order valence-electron chi connectivity index (χ0n) is 11.0. The molecule has 21 heavy (non-hydrogen) atoms.